The minimum absolute atomic E-state index is 0.0329. The van der Waals surface area contributed by atoms with Crippen molar-refractivity contribution in [3.8, 4) is 0 Å². The number of non-ortho nitro benzene ring substituents is 1. The van der Waals surface area contributed by atoms with Gasteiger partial charge in [0.05, 0.1) is 4.92 Å². The van der Waals surface area contributed by atoms with Crippen LogP contribution < -0.4 is 0 Å². The highest BCUT2D eigenvalue weighted by atomic mass is 19.2. The summed E-state index contributed by atoms with van der Waals surface area (Å²) >= 11 is 0. The van der Waals surface area contributed by atoms with Crippen LogP contribution in [0.1, 0.15) is 24.1 Å². The highest BCUT2D eigenvalue weighted by Crippen LogP contribution is 2.24. The number of nitrogens with zero attached hydrogens (tertiary/aromatic N) is 2. The molecule has 0 fully saturated rings. The molecule has 2 rings (SSSR count). The molecule has 0 bridgehead atoms. The van der Waals surface area contributed by atoms with Crippen LogP contribution >= 0.6 is 0 Å². The number of hydrogen-bond acceptors (Lipinski definition) is 3. The van der Waals surface area contributed by atoms with Gasteiger partial charge >= 0.3 is 0 Å². The van der Waals surface area contributed by atoms with Gasteiger partial charge in [-0.15, -0.1) is 0 Å². The summed E-state index contributed by atoms with van der Waals surface area (Å²) in [5, 5.41) is 10.8. The monoisotopic (exact) mass is 306 g/mol. The SMILES string of the molecule is CC(c1cccc([N+](=O)[O-])c1)N(C)Cc1ccc(F)c(F)c1. The molecule has 0 spiro atoms. The van der Waals surface area contributed by atoms with Gasteiger partial charge in [0.2, 0.25) is 0 Å². The lowest BCUT2D eigenvalue weighted by atomic mass is 10.1. The molecule has 0 saturated heterocycles. The van der Waals surface area contributed by atoms with Gasteiger partial charge in [-0.1, -0.05) is 18.2 Å². The van der Waals surface area contributed by atoms with Crippen LogP contribution in [0, 0.1) is 21.7 Å². The Kier molecular flexibility index (Phi) is 4.82. The number of rotatable bonds is 5. The van der Waals surface area contributed by atoms with E-state index < -0.39 is 16.6 Å². The first-order chi connectivity index (χ1) is 10.4. The molecular formula is C16H16F2N2O2. The van der Waals surface area contributed by atoms with E-state index in [1.807, 2.05) is 18.9 Å². The van der Waals surface area contributed by atoms with Crippen LogP contribution in [0.5, 0.6) is 0 Å². The Morgan fingerprint density at radius 3 is 2.55 bits per heavy atom. The third-order valence-electron chi connectivity index (χ3n) is 3.64. The molecule has 0 saturated carbocycles. The van der Waals surface area contributed by atoms with E-state index in [0.29, 0.717) is 12.1 Å². The third-order valence-corrected chi connectivity index (χ3v) is 3.64. The van der Waals surface area contributed by atoms with E-state index in [4.69, 9.17) is 0 Å². The summed E-state index contributed by atoms with van der Waals surface area (Å²) in [6.07, 6.45) is 0. The van der Waals surface area contributed by atoms with E-state index in [-0.39, 0.29) is 11.7 Å². The maximum Gasteiger partial charge on any atom is 0.269 e. The third kappa shape index (κ3) is 3.65. The van der Waals surface area contributed by atoms with Crippen molar-refractivity contribution in [3.63, 3.8) is 0 Å². The molecule has 1 unspecified atom stereocenters. The van der Waals surface area contributed by atoms with Crippen LogP contribution in [0.2, 0.25) is 0 Å². The topological polar surface area (TPSA) is 46.4 Å². The number of hydrogen-bond donors (Lipinski definition) is 0. The van der Waals surface area contributed by atoms with Crippen molar-refractivity contribution in [1.29, 1.82) is 0 Å². The molecule has 116 valence electrons. The van der Waals surface area contributed by atoms with Crippen molar-refractivity contribution in [2.45, 2.75) is 19.5 Å². The maximum absolute atomic E-state index is 13.2. The van der Waals surface area contributed by atoms with Crippen LogP contribution in [-0.4, -0.2) is 16.9 Å². The lowest BCUT2D eigenvalue weighted by Gasteiger charge is -2.25. The first-order valence-corrected chi connectivity index (χ1v) is 6.77. The van der Waals surface area contributed by atoms with Crippen molar-refractivity contribution in [2.24, 2.45) is 0 Å². The summed E-state index contributed by atoms with van der Waals surface area (Å²) in [5.74, 6) is -1.76. The molecule has 0 aliphatic carbocycles. The van der Waals surface area contributed by atoms with E-state index in [2.05, 4.69) is 0 Å². The second-order valence-electron chi connectivity index (χ2n) is 5.19. The van der Waals surface area contributed by atoms with Gasteiger partial charge < -0.3 is 0 Å². The minimum atomic E-state index is -0.881. The van der Waals surface area contributed by atoms with Crippen molar-refractivity contribution >= 4 is 5.69 Å². The second kappa shape index (κ2) is 6.62. The average Bonchev–Trinajstić information content (AvgIpc) is 2.50. The first kappa shape index (κ1) is 16.0. The predicted molar refractivity (Wildman–Crippen MR) is 79.3 cm³/mol. The lowest BCUT2D eigenvalue weighted by Crippen LogP contribution is -2.22. The number of nitro benzene ring substituents is 1. The predicted octanol–water partition coefficient (Wildman–Crippen LogP) is 4.07. The molecular weight excluding hydrogens is 290 g/mol. The Balaban J connectivity index is 2.14. The quantitative estimate of drug-likeness (QED) is 0.618. The average molecular weight is 306 g/mol. The zero-order chi connectivity index (χ0) is 16.3. The molecule has 0 aromatic heterocycles. The molecule has 2 aromatic rings. The van der Waals surface area contributed by atoms with Crippen molar-refractivity contribution in [3.05, 3.63) is 75.3 Å². The van der Waals surface area contributed by atoms with Crippen molar-refractivity contribution in [2.75, 3.05) is 7.05 Å². The standard InChI is InChI=1S/C16H16F2N2O2/c1-11(13-4-3-5-14(9-13)20(21)22)19(2)10-12-6-7-15(17)16(18)8-12/h3-9,11H,10H2,1-2H3. The molecule has 0 N–H and O–H groups in total. The summed E-state index contributed by atoms with van der Waals surface area (Å²) in [6.45, 7) is 2.31. The smallest absolute Gasteiger partial charge is 0.269 e. The second-order valence-corrected chi connectivity index (χ2v) is 5.19. The van der Waals surface area contributed by atoms with Gasteiger partial charge in [0.25, 0.3) is 5.69 Å². The Morgan fingerprint density at radius 1 is 1.18 bits per heavy atom. The molecule has 22 heavy (non-hydrogen) atoms. The van der Waals surface area contributed by atoms with Gasteiger partial charge in [0.1, 0.15) is 0 Å². The number of benzene rings is 2. The van der Waals surface area contributed by atoms with Crippen molar-refractivity contribution in [1.82, 2.24) is 4.90 Å². The largest absolute Gasteiger partial charge is 0.295 e. The molecule has 0 aliphatic heterocycles. The number of halogens is 2. The van der Waals surface area contributed by atoms with E-state index in [0.717, 1.165) is 17.7 Å². The maximum atomic E-state index is 13.2. The normalized spacial score (nSPS) is 12.4. The summed E-state index contributed by atoms with van der Waals surface area (Å²) in [4.78, 5) is 12.3. The fourth-order valence-electron chi connectivity index (χ4n) is 2.22. The Labute approximate surface area is 127 Å². The fourth-order valence-corrected chi connectivity index (χ4v) is 2.22. The van der Waals surface area contributed by atoms with Crippen LogP contribution in [-0.2, 0) is 6.54 Å². The molecule has 0 amide bonds. The molecule has 0 radical (unpaired) electrons. The van der Waals surface area contributed by atoms with E-state index >= 15 is 0 Å². The summed E-state index contributed by atoms with van der Waals surface area (Å²) in [7, 11) is 1.82. The molecule has 0 heterocycles. The Morgan fingerprint density at radius 2 is 1.91 bits per heavy atom. The summed E-state index contributed by atoms with van der Waals surface area (Å²) < 4.78 is 26.2. The van der Waals surface area contributed by atoms with Gasteiger partial charge in [-0.2, -0.15) is 0 Å². The number of nitro groups is 1. The minimum Gasteiger partial charge on any atom is -0.295 e. The van der Waals surface area contributed by atoms with Crippen molar-refractivity contribution < 1.29 is 13.7 Å². The Bertz CT molecular complexity index is 692. The van der Waals surface area contributed by atoms with Crippen LogP contribution in [0.15, 0.2) is 42.5 Å². The van der Waals surface area contributed by atoms with Gasteiger partial charge in [0, 0.05) is 24.7 Å². The van der Waals surface area contributed by atoms with Gasteiger partial charge in [-0.3, -0.25) is 15.0 Å². The highest BCUT2D eigenvalue weighted by molar-refractivity contribution is 5.35. The van der Waals surface area contributed by atoms with Crippen LogP contribution in [0.3, 0.4) is 0 Å². The van der Waals surface area contributed by atoms with Crippen LogP contribution in [0.25, 0.3) is 0 Å². The van der Waals surface area contributed by atoms with Crippen LogP contribution in [0.4, 0.5) is 14.5 Å². The van der Waals surface area contributed by atoms with E-state index in [9.17, 15) is 18.9 Å². The molecule has 4 nitrogen and oxygen atoms in total. The fraction of sp³-hybridized carbons (Fsp3) is 0.250. The Hall–Kier alpha value is -2.34. The molecule has 2 aromatic carbocycles. The zero-order valence-electron chi connectivity index (χ0n) is 12.3. The van der Waals surface area contributed by atoms with Gasteiger partial charge in [-0.25, -0.2) is 8.78 Å². The summed E-state index contributed by atoms with van der Waals surface area (Å²) in [5.41, 5.74) is 1.46. The first-order valence-electron chi connectivity index (χ1n) is 6.77. The zero-order valence-corrected chi connectivity index (χ0v) is 12.3. The molecule has 1 atom stereocenters. The summed E-state index contributed by atoms with van der Waals surface area (Å²) in [6, 6.07) is 10.1. The van der Waals surface area contributed by atoms with E-state index in [1.54, 1.807) is 12.1 Å². The highest BCUT2D eigenvalue weighted by Gasteiger charge is 2.15. The van der Waals surface area contributed by atoms with E-state index in [1.165, 1.54) is 18.2 Å². The van der Waals surface area contributed by atoms with Gasteiger partial charge in [0.15, 0.2) is 11.6 Å². The van der Waals surface area contributed by atoms with Gasteiger partial charge in [-0.05, 0) is 37.2 Å². The molecule has 0 aliphatic rings. The lowest BCUT2D eigenvalue weighted by molar-refractivity contribution is -0.384. The molecule has 6 heteroatoms.